The number of nitriles is 1. The van der Waals surface area contributed by atoms with E-state index in [2.05, 4.69) is 16.3 Å². The average molecular weight is 602 g/mol. The number of aliphatic hydroxyl groups is 2. The number of carbonyl (C=O) groups excluding carboxylic acids is 1. The molecule has 1 unspecified atom stereocenters. The Hall–Kier alpha value is -4.45. The van der Waals surface area contributed by atoms with E-state index in [0.29, 0.717) is 36.2 Å². The molecule has 0 aliphatic carbocycles. The molecule has 0 saturated carbocycles. The molecule has 0 amide bonds. The number of alkyl halides is 3. The third-order valence-corrected chi connectivity index (χ3v) is 7.59. The van der Waals surface area contributed by atoms with Gasteiger partial charge in [0.25, 0.3) is 0 Å². The van der Waals surface area contributed by atoms with Crippen LogP contribution in [0.1, 0.15) is 41.6 Å². The number of halogens is 3. The molecule has 3 N–H and O–H groups in total. The van der Waals surface area contributed by atoms with E-state index in [0.717, 1.165) is 19.2 Å². The van der Waals surface area contributed by atoms with Crippen molar-refractivity contribution >= 4 is 17.6 Å². The zero-order valence-corrected chi connectivity index (χ0v) is 23.9. The van der Waals surface area contributed by atoms with Gasteiger partial charge in [-0.15, -0.1) is 5.10 Å². The van der Waals surface area contributed by atoms with Crippen LogP contribution in [0.15, 0.2) is 58.5 Å². The number of hydrogen-bond acceptors (Lipinski definition) is 8. The number of anilines is 2. The molecule has 0 spiro atoms. The van der Waals surface area contributed by atoms with Crippen molar-refractivity contribution in [3.05, 3.63) is 86.5 Å². The molecule has 3 aromatic rings. The summed E-state index contributed by atoms with van der Waals surface area (Å²) in [6, 6.07) is 10.2. The van der Waals surface area contributed by atoms with Crippen LogP contribution in [0.5, 0.6) is 0 Å². The minimum Gasteiger partial charge on any atom is -0.466 e. The summed E-state index contributed by atoms with van der Waals surface area (Å²) in [6.07, 6.45) is -4.20. The minimum atomic E-state index is -4.64. The quantitative estimate of drug-likeness (QED) is 0.238. The maximum atomic E-state index is 13.6. The SMILES string of the molecule is COC(=O)C1=C(C)N(c2cccc(C(F)(F)F)c2)c2n[nH]c(=O)n2[C@@H]1c1ccc(C#N)cc1C[N+](C)(CCO)CCCO. The highest BCUT2D eigenvalue weighted by Crippen LogP contribution is 2.44. The highest BCUT2D eigenvalue weighted by atomic mass is 19.4. The fourth-order valence-electron chi connectivity index (χ4n) is 5.53. The van der Waals surface area contributed by atoms with E-state index < -0.39 is 29.4 Å². The van der Waals surface area contributed by atoms with E-state index in [1.807, 2.05) is 7.05 Å². The number of methoxy groups -OCH3 is 1. The smallest absolute Gasteiger partial charge is 0.416 e. The first-order chi connectivity index (χ1) is 20.4. The third kappa shape index (κ3) is 6.19. The zero-order valence-electron chi connectivity index (χ0n) is 23.9. The van der Waals surface area contributed by atoms with Crippen molar-refractivity contribution in [1.29, 1.82) is 5.26 Å². The summed E-state index contributed by atoms with van der Waals surface area (Å²) in [7, 11) is 3.04. The van der Waals surface area contributed by atoms with Crippen LogP contribution >= 0.6 is 0 Å². The van der Waals surface area contributed by atoms with Crippen LogP contribution in [-0.2, 0) is 22.3 Å². The van der Waals surface area contributed by atoms with Gasteiger partial charge in [-0.3, -0.25) is 4.90 Å². The molecule has 2 aromatic carbocycles. The highest BCUT2D eigenvalue weighted by molar-refractivity contribution is 5.93. The largest absolute Gasteiger partial charge is 0.466 e. The topological polar surface area (TPSA) is 144 Å². The second-order valence-electron chi connectivity index (χ2n) is 10.5. The maximum absolute atomic E-state index is 13.6. The number of H-pyrrole nitrogens is 1. The lowest BCUT2D eigenvalue weighted by molar-refractivity contribution is -0.923. The van der Waals surface area contributed by atoms with Crippen molar-refractivity contribution in [3.63, 3.8) is 0 Å². The van der Waals surface area contributed by atoms with Gasteiger partial charge in [-0.05, 0) is 42.8 Å². The van der Waals surface area contributed by atoms with E-state index in [-0.39, 0.29) is 47.1 Å². The first-order valence-electron chi connectivity index (χ1n) is 13.4. The average Bonchev–Trinajstić information content (AvgIpc) is 3.35. The van der Waals surface area contributed by atoms with E-state index in [9.17, 15) is 38.2 Å². The Morgan fingerprint density at radius 2 is 1.93 bits per heavy atom. The lowest BCUT2D eigenvalue weighted by Gasteiger charge is -2.38. The molecule has 4 rings (SSSR count). The molecule has 0 radical (unpaired) electrons. The van der Waals surface area contributed by atoms with Crippen molar-refractivity contribution in [2.24, 2.45) is 0 Å². The van der Waals surface area contributed by atoms with Gasteiger partial charge in [-0.2, -0.15) is 18.4 Å². The Kier molecular flexibility index (Phi) is 9.09. The Morgan fingerprint density at radius 1 is 1.19 bits per heavy atom. The van der Waals surface area contributed by atoms with Crippen LogP contribution in [-0.4, -0.2) is 75.9 Å². The minimum absolute atomic E-state index is 0.0173. The van der Waals surface area contributed by atoms with Gasteiger partial charge in [0.2, 0.25) is 5.95 Å². The molecule has 1 aliphatic rings. The number of rotatable bonds is 10. The van der Waals surface area contributed by atoms with Crippen LogP contribution in [0, 0.1) is 11.3 Å². The molecular formula is C29H32F3N6O5+. The molecule has 14 heteroatoms. The van der Waals surface area contributed by atoms with Gasteiger partial charge in [-0.25, -0.2) is 19.3 Å². The van der Waals surface area contributed by atoms with Gasteiger partial charge in [0.1, 0.15) is 19.1 Å². The predicted molar refractivity (Wildman–Crippen MR) is 149 cm³/mol. The number of allylic oxidation sites excluding steroid dienone is 1. The van der Waals surface area contributed by atoms with Crippen molar-refractivity contribution < 1.29 is 37.4 Å². The van der Waals surface area contributed by atoms with Gasteiger partial charge in [-0.1, -0.05) is 12.1 Å². The third-order valence-electron chi connectivity index (χ3n) is 7.59. The van der Waals surface area contributed by atoms with E-state index in [1.165, 1.54) is 34.6 Å². The van der Waals surface area contributed by atoms with Gasteiger partial charge in [0, 0.05) is 30.0 Å². The number of aliphatic hydroxyl groups excluding tert-OH is 2. The Balaban J connectivity index is 1.99. The summed E-state index contributed by atoms with van der Waals surface area (Å²) in [6.45, 7) is 2.37. The first-order valence-corrected chi connectivity index (χ1v) is 13.4. The van der Waals surface area contributed by atoms with Crippen LogP contribution in [0.2, 0.25) is 0 Å². The molecule has 11 nitrogen and oxygen atoms in total. The Labute approximate surface area is 245 Å². The number of quaternary nitrogens is 1. The number of likely N-dealkylation sites (N-methyl/N-ethyl adjacent to an activating group) is 1. The van der Waals surface area contributed by atoms with Crippen molar-refractivity contribution in [1.82, 2.24) is 14.8 Å². The van der Waals surface area contributed by atoms with Crippen LogP contribution in [0.25, 0.3) is 0 Å². The molecule has 1 aromatic heterocycles. The molecule has 1 aliphatic heterocycles. The number of hydrogen-bond donors (Lipinski definition) is 3. The van der Waals surface area contributed by atoms with Crippen LogP contribution < -0.4 is 10.6 Å². The fourth-order valence-corrected chi connectivity index (χ4v) is 5.53. The molecule has 43 heavy (non-hydrogen) atoms. The van der Waals surface area contributed by atoms with E-state index in [4.69, 9.17) is 4.74 Å². The molecule has 0 fully saturated rings. The summed E-state index contributed by atoms with van der Waals surface area (Å²) in [4.78, 5) is 28.0. The molecule has 0 saturated heterocycles. The number of ether oxygens (including phenoxy) is 1. The maximum Gasteiger partial charge on any atom is 0.416 e. The zero-order chi connectivity index (χ0) is 31.5. The molecule has 2 heterocycles. The summed E-state index contributed by atoms with van der Waals surface area (Å²) < 4.78 is 47.4. The Bertz CT molecular complexity index is 1640. The van der Waals surface area contributed by atoms with Crippen molar-refractivity contribution in [3.8, 4) is 6.07 Å². The number of nitrogens with one attached hydrogen (secondary N) is 1. The molecule has 228 valence electrons. The second kappa shape index (κ2) is 12.4. The lowest BCUT2D eigenvalue weighted by atomic mass is 9.89. The van der Waals surface area contributed by atoms with E-state index >= 15 is 0 Å². The van der Waals surface area contributed by atoms with Crippen molar-refractivity contribution in [2.75, 3.05) is 45.4 Å². The summed E-state index contributed by atoms with van der Waals surface area (Å²) >= 11 is 0. The van der Waals surface area contributed by atoms with Gasteiger partial charge in [0.15, 0.2) is 0 Å². The van der Waals surface area contributed by atoms with Gasteiger partial charge < -0.3 is 19.4 Å². The van der Waals surface area contributed by atoms with Crippen molar-refractivity contribution in [2.45, 2.75) is 32.1 Å². The first kappa shape index (κ1) is 31.5. The Morgan fingerprint density at radius 3 is 2.56 bits per heavy atom. The molecule has 2 atom stereocenters. The number of carbonyl (C=O) groups is 1. The number of aromatic amines is 1. The second-order valence-corrected chi connectivity index (χ2v) is 10.5. The number of benzene rings is 2. The van der Waals surface area contributed by atoms with E-state index in [1.54, 1.807) is 12.1 Å². The monoisotopic (exact) mass is 601 g/mol. The van der Waals surface area contributed by atoms with Gasteiger partial charge >= 0.3 is 17.8 Å². The number of fused-ring (bicyclic) bond motifs is 1. The normalized spacial score (nSPS) is 16.4. The van der Waals surface area contributed by atoms with Crippen LogP contribution in [0.3, 0.4) is 0 Å². The van der Waals surface area contributed by atoms with Gasteiger partial charge in [0.05, 0.1) is 50.1 Å². The molecular weight excluding hydrogens is 569 g/mol. The summed E-state index contributed by atoms with van der Waals surface area (Å²) in [5.74, 6) is -0.871. The predicted octanol–water partition coefficient (Wildman–Crippen LogP) is 2.97. The molecule has 0 bridgehead atoms. The van der Waals surface area contributed by atoms with Crippen LogP contribution in [0.4, 0.5) is 24.8 Å². The summed E-state index contributed by atoms with van der Waals surface area (Å²) in [5.41, 5.74) is -0.116. The number of nitrogens with zero attached hydrogens (tertiary/aromatic N) is 5. The summed E-state index contributed by atoms with van der Waals surface area (Å²) in [5, 5.41) is 35.4. The number of aromatic nitrogens is 3. The fraction of sp³-hybridized carbons (Fsp3) is 0.379. The lowest BCUT2D eigenvalue weighted by Crippen LogP contribution is -2.47. The standard InChI is InChI=1S/C29H31F3N6O5/c1-18-24(26(41)43-3)25(23-9-8-19(16-33)14-20(23)17-38(2,11-13-40)10-5-12-39)37-27(34-35-28(37)42)36(18)22-7-4-6-21(15-22)29(30,31)32/h4,6-9,14-15,25,39-40H,5,10-13,17H2,1-3H3/p+1/t25-,38?/m1/s1. The number of esters is 1. The highest BCUT2D eigenvalue weighted by Gasteiger charge is 2.41.